The molecule has 0 saturated carbocycles. The van der Waals surface area contributed by atoms with E-state index in [1.807, 2.05) is 24.4 Å². The van der Waals surface area contributed by atoms with Crippen molar-refractivity contribution in [2.45, 2.75) is 6.54 Å². The second-order valence-corrected chi connectivity index (χ2v) is 7.62. The van der Waals surface area contributed by atoms with E-state index < -0.39 is 0 Å². The van der Waals surface area contributed by atoms with Crippen molar-refractivity contribution in [2.24, 2.45) is 0 Å². The monoisotopic (exact) mass is 406 g/mol. The van der Waals surface area contributed by atoms with Crippen LogP contribution < -0.4 is 5.32 Å². The van der Waals surface area contributed by atoms with E-state index in [4.69, 9.17) is 4.74 Å². The summed E-state index contributed by atoms with van der Waals surface area (Å²) in [6, 6.07) is 9.91. The molecule has 1 saturated heterocycles. The SMILES string of the molecule is O=C(C=Cc1cnccc1-c1cncs1)Nc1ccc(CN2CCOCC2)cc1. The number of morpholine rings is 1. The highest BCUT2D eigenvalue weighted by molar-refractivity contribution is 7.13. The van der Waals surface area contributed by atoms with Crippen LogP contribution in [-0.4, -0.2) is 47.1 Å². The number of benzene rings is 1. The van der Waals surface area contributed by atoms with Crippen molar-refractivity contribution in [3.63, 3.8) is 0 Å². The Labute approximate surface area is 173 Å². The third-order valence-electron chi connectivity index (χ3n) is 4.70. The zero-order valence-corrected chi connectivity index (χ0v) is 16.8. The highest BCUT2D eigenvalue weighted by Crippen LogP contribution is 2.27. The topological polar surface area (TPSA) is 67.4 Å². The Morgan fingerprint density at radius 2 is 1.97 bits per heavy atom. The van der Waals surface area contributed by atoms with Gasteiger partial charge in [-0.15, -0.1) is 11.3 Å². The van der Waals surface area contributed by atoms with Crippen molar-refractivity contribution < 1.29 is 9.53 Å². The number of nitrogens with one attached hydrogen (secondary N) is 1. The molecule has 7 heteroatoms. The summed E-state index contributed by atoms with van der Waals surface area (Å²) in [7, 11) is 0. The number of pyridine rings is 1. The van der Waals surface area contributed by atoms with E-state index in [2.05, 4.69) is 32.3 Å². The molecule has 4 rings (SSSR count). The molecule has 0 radical (unpaired) electrons. The maximum absolute atomic E-state index is 12.3. The van der Waals surface area contributed by atoms with Gasteiger partial charge in [0.05, 0.1) is 23.6 Å². The number of nitrogens with zero attached hydrogens (tertiary/aromatic N) is 3. The quantitative estimate of drug-likeness (QED) is 0.633. The first-order valence-corrected chi connectivity index (χ1v) is 10.4. The predicted molar refractivity (Wildman–Crippen MR) is 116 cm³/mol. The molecule has 0 unspecified atom stereocenters. The molecule has 1 aliphatic heterocycles. The molecule has 6 nitrogen and oxygen atoms in total. The Bertz CT molecular complexity index is 965. The lowest BCUT2D eigenvalue weighted by atomic mass is 10.1. The molecule has 1 fully saturated rings. The third-order valence-corrected chi connectivity index (χ3v) is 5.50. The van der Waals surface area contributed by atoms with Gasteiger partial charge < -0.3 is 10.1 Å². The fraction of sp³-hybridized carbons (Fsp3) is 0.227. The van der Waals surface area contributed by atoms with Crippen LogP contribution in [0.5, 0.6) is 0 Å². The molecule has 29 heavy (non-hydrogen) atoms. The van der Waals surface area contributed by atoms with E-state index in [0.717, 1.165) is 54.5 Å². The molecule has 0 spiro atoms. The number of aromatic nitrogens is 2. The lowest BCUT2D eigenvalue weighted by Gasteiger charge is -2.26. The van der Waals surface area contributed by atoms with Gasteiger partial charge in [-0.1, -0.05) is 12.1 Å². The van der Waals surface area contributed by atoms with Crippen LogP contribution in [0.3, 0.4) is 0 Å². The molecule has 1 amide bonds. The summed E-state index contributed by atoms with van der Waals surface area (Å²) in [5.74, 6) is -0.176. The van der Waals surface area contributed by atoms with Crippen LogP contribution in [0.1, 0.15) is 11.1 Å². The molecule has 0 atom stereocenters. The first kappa shape index (κ1) is 19.4. The number of anilines is 1. The van der Waals surface area contributed by atoms with E-state index >= 15 is 0 Å². The molecule has 1 aromatic carbocycles. The van der Waals surface area contributed by atoms with Crippen LogP contribution in [0.4, 0.5) is 5.69 Å². The standard InChI is InChI=1S/C22H22N4O2S/c27-22(6-3-18-13-23-8-7-20(18)21-14-24-16-29-21)25-19-4-1-17(2-5-19)15-26-9-11-28-12-10-26/h1-8,13-14,16H,9-12,15H2,(H,25,27). The molecule has 0 aliphatic carbocycles. The van der Waals surface area contributed by atoms with Crippen LogP contribution in [0, 0.1) is 0 Å². The van der Waals surface area contributed by atoms with Crippen molar-refractivity contribution in [3.05, 3.63) is 71.6 Å². The normalized spacial score (nSPS) is 14.9. The zero-order valence-electron chi connectivity index (χ0n) is 16.0. The maximum atomic E-state index is 12.3. The highest BCUT2D eigenvalue weighted by atomic mass is 32.1. The molecule has 0 bridgehead atoms. The number of hydrogen-bond acceptors (Lipinski definition) is 6. The van der Waals surface area contributed by atoms with Crippen molar-refractivity contribution in [3.8, 4) is 10.4 Å². The molecule has 3 heterocycles. The average molecular weight is 407 g/mol. The van der Waals surface area contributed by atoms with Gasteiger partial charge in [-0.2, -0.15) is 0 Å². The van der Waals surface area contributed by atoms with Gasteiger partial charge in [-0.05, 0) is 29.8 Å². The summed E-state index contributed by atoms with van der Waals surface area (Å²) in [6.07, 6.45) is 8.62. The van der Waals surface area contributed by atoms with Gasteiger partial charge in [0.25, 0.3) is 0 Å². The summed E-state index contributed by atoms with van der Waals surface area (Å²) < 4.78 is 5.38. The molecular weight excluding hydrogens is 384 g/mol. The first-order valence-electron chi connectivity index (χ1n) is 9.49. The number of hydrogen-bond donors (Lipinski definition) is 1. The smallest absolute Gasteiger partial charge is 0.248 e. The second kappa shape index (κ2) is 9.56. The number of carbonyl (C=O) groups is 1. The maximum Gasteiger partial charge on any atom is 0.248 e. The Morgan fingerprint density at radius 3 is 2.72 bits per heavy atom. The summed E-state index contributed by atoms with van der Waals surface area (Å²) in [6.45, 7) is 4.41. The molecule has 1 aliphatic rings. The summed E-state index contributed by atoms with van der Waals surface area (Å²) in [5, 5.41) is 2.91. The van der Waals surface area contributed by atoms with Gasteiger partial charge in [0.2, 0.25) is 5.91 Å². The lowest BCUT2D eigenvalue weighted by Crippen LogP contribution is -2.35. The van der Waals surface area contributed by atoms with Crippen LogP contribution in [0.2, 0.25) is 0 Å². The summed E-state index contributed by atoms with van der Waals surface area (Å²) in [4.78, 5) is 24.0. The zero-order chi connectivity index (χ0) is 19.9. The van der Waals surface area contributed by atoms with Gasteiger partial charge in [0, 0.05) is 61.1 Å². The van der Waals surface area contributed by atoms with Crippen molar-refractivity contribution in [1.29, 1.82) is 0 Å². The Morgan fingerprint density at radius 1 is 1.14 bits per heavy atom. The number of carbonyl (C=O) groups excluding carboxylic acids is 1. The van der Waals surface area contributed by atoms with Gasteiger partial charge in [0.1, 0.15) is 0 Å². The number of amides is 1. The fourth-order valence-electron chi connectivity index (χ4n) is 3.17. The second-order valence-electron chi connectivity index (χ2n) is 6.74. The number of thiazole rings is 1. The largest absolute Gasteiger partial charge is 0.379 e. The van der Waals surface area contributed by atoms with E-state index in [9.17, 15) is 4.79 Å². The van der Waals surface area contributed by atoms with E-state index in [1.165, 1.54) is 11.6 Å². The van der Waals surface area contributed by atoms with E-state index in [0.29, 0.717) is 0 Å². The lowest BCUT2D eigenvalue weighted by molar-refractivity contribution is -0.111. The Kier molecular flexibility index (Phi) is 6.41. The van der Waals surface area contributed by atoms with Gasteiger partial charge in [-0.25, -0.2) is 0 Å². The number of ether oxygens (including phenoxy) is 1. The van der Waals surface area contributed by atoms with Crippen LogP contribution in [-0.2, 0) is 16.1 Å². The van der Waals surface area contributed by atoms with Crippen molar-refractivity contribution in [1.82, 2.24) is 14.9 Å². The minimum Gasteiger partial charge on any atom is -0.379 e. The van der Waals surface area contributed by atoms with E-state index in [1.54, 1.807) is 35.3 Å². The Hall–Kier alpha value is -2.87. The van der Waals surface area contributed by atoms with Gasteiger partial charge in [0.15, 0.2) is 0 Å². The van der Waals surface area contributed by atoms with Crippen molar-refractivity contribution in [2.75, 3.05) is 31.6 Å². The average Bonchev–Trinajstić information content (AvgIpc) is 3.29. The van der Waals surface area contributed by atoms with Gasteiger partial charge >= 0.3 is 0 Å². The third kappa shape index (κ3) is 5.35. The van der Waals surface area contributed by atoms with Crippen LogP contribution in [0.15, 0.2) is 60.5 Å². The Balaban J connectivity index is 1.36. The molecule has 148 valence electrons. The first-order chi connectivity index (χ1) is 14.3. The predicted octanol–water partition coefficient (Wildman–Crippen LogP) is 3.69. The minimum absolute atomic E-state index is 0.176. The molecule has 3 aromatic rings. The molecule has 1 N–H and O–H groups in total. The summed E-state index contributed by atoms with van der Waals surface area (Å²) >= 11 is 1.56. The van der Waals surface area contributed by atoms with Crippen LogP contribution >= 0.6 is 11.3 Å². The molecular formula is C22H22N4O2S. The molecule has 2 aromatic heterocycles. The van der Waals surface area contributed by atoms with Crippen LogP contribution in [0.25, 0.3) is 16.5 Å². The summed E-state index contributed by atoms with van der Waals surface area (Å²) in [5.41, 5.74) is 5.69. The van der Waals surface area contributed by atoms with Crippen molar-refractivity contribution >= 4 is 29.0 Å². The number of rotatable bonds is 6. The fourth-order valence-corrected chi connectivity index (χ4v) is 3.84. The van der Waals surface area contributed by atoms with Gasteiger partial charge in [-0.3, -0.25) is 19.7 Å². The highest BCUT2D eigenvalue weighted by Gasteiger charge is 2.10. The van der Waals surface area contributed by atoms with E-state index in [-0.39, 0.29) is 5.91 Å². The minimum atomic E-state index is -0.176.